The molecule has 0 bridgehead atoms. The lowest BCUT2D eigenvalue weighted by Crippen LogP contribution is -1.92. The van der Waals surface area contributed by atoms with Crippen LogP contribution in [0.15, 0.2) is 36.4 Å². The lowest BCUT2D eigenvalue weighted by atomic mass is 9.97. The Morgan fingerprint density at radius 1 is 1.06 bits per heavy atom. The summed E-state index contributed by atoms with van der Waals surface area (Å²) in [4.78, 5) is 4.44. The van der Waals surface area contributed by atoms with Crippen LogP contribution in [0.2, 0.25) is 0 Å². The van der Waals surface area contributed by atoms with Gasteiger partial charge in [0.1, 0.15) is 5.75 Å². The first-order chi connectivity index (χ1) is 8.09. The quantitative estimate of drug-likeness (QED) is 0.844. The van der Waals surface area contributed by atoms with E-state index in [1.165, 1.54) is 0 Å². The fourth-order valence-corrected chi connectivity index (χ4v) is 1.93. The number of rotatable bonds is 2. The smallest absolute Gasteiger partial charge is 0.128 e. The third kappa shape index (κ3) is 2.31. The summed E-state index contributed by atoms with van der Waals surface area (Å²) in [6.07, 6.45) is 0. The number of aromatic hydroxyl groups is 1. The van der Waals surface area contributed by atoms with Gasteiger partial charge in [0.05, 0.1) is 5.69 Å². The summed E-state index contributed by atoms with van der Waals surface area (Å²) in [6.45, 7) is 6.10. The molecule has 1 aromatic heterocycles. The Kier molecular flexibility index (Phi) is 3.14. The molecule has 88 valence electrons. The molecule has 0 unspecified atom stereocenters. The maximum atomic E-state index is 10.3. The second kappa shape index (κ2) is 4.58. The maximum absolute atomic E-state index is 10.3. The van der Waals surface area contributed by atoms with Crippen molar-refractivity contribution in [3.05, 3.63) is 47.7 Å². The van der Waals surface area contributed by atoms with Gasteiger partial charge in [-0.3, -0.25) is 4.98 Å². The van der Waals surface area contributed by atoms with Crippen LogP contribution in [0.4, 0.5) is 0 Å². The first-order valence-corrected chi connectivity index (χ1v) is 5.85. The normalized spacial score (nSPS) is 10.8. The minimum atomic E-state index is 0.305. The molecule has 0 aliphatic heterocycles. The summed E-state index contributed by atoms with van der Waals surface area (Å²) < 4.78 is 0. The summed E-state index contributed by atoms with van der Waals surface area (Å²) in [5.74, 6) is 0.653. The summed E-state index contributed by atoms with van der Waals surface area (Å²) >= 11 is 0. The third-order valence-corrected chi connectivity index (χ3v) is 2.85. The second-order valence-electron chi connectivity index (χ2n) is 4.56. The molecule has 2 nitrogen and oxygen atoms in total. The third-order valence-electron chi connectivity index (χ3n) is 2.85. The van der Waals surface area contributed by atoms with Crippen LogP contribution in [-0.2, 0) is 0 Å². The highest BCUT2D eigenvalue weighted by molar-refractivity contribution is 5.69. The number of aryl methyl sites for hydroxylation is 1. The van der Waals surface area contributed by atoms with Crippen molar-refractivity contribution < 1.29 is 5.11 Å². The van der Waals surface area contributed by atoms with E-state index in [1.807, 2.05) is 43.3 Å². The number of phenolic OH excluding ortho intramolecular Hbond substituents is 1. The van der Waals surface area contributed by atoms with E-state index in [1.54, 1.807) is 0 Å². The lowest BCUT2D eigenvalue weighted by molar-refractivity contribution is 0.466. The van der Waals surface area contributed by atoms with Crippen LogP contribution in [0.25, 0.3) is 11.3 Å². The zero-order valence-corrected chi connectivity index (χ0v) is 10.4. The van der Waals surface area contributed by atoms with Crippen LogP contribution in [0, 0.1) is 6.92 Å². The van der Waals surface area contributed by atoms with Gasteiger partial charge in [0, 0.05) is 11.3 Å². The van der Waals surface area contributed by atoms with E-state index in [0.29, 0.717) is 11.7 Å². The molecular formula is C15H17NO. The molecule has 1 aromatic carbocycles. The molecule has 0 aliphatic rings. The number of nitrogens with zero attached hydrogens (tertiary/aromatic N) is 1. The Bertz CT molecular complexity index is 532. The fourth-order valence-electron chi connectivity index (χ4n) is 1.93. The largest absolute Gasteiger partial charge is 0.507 e. The van der Waals surface area contributed by atoms with E-state index in [0.717, 1.165) is 22.5 Å². The monoisotopic (exact) mass is 227 g/mol. The number of benzene rings is 1. The van der Waals surface area contributed by atoms with Crippen molar-refractivity contribution >= 4 is 0 Å². The predicted molar refractivity (Wildman–Crippen MR) is 70.2 cm³/mol. The van der Waals surface area contributed by atoms with Gasteiger partial charge < -0.3 is 5.11 Å². The summed E-state index contributed by atoms with van der Waals surface area (Å²) in [6, 6.07) is 11.7. The number of phenols is 1. The molecule has 0 amide bonds. The predicted octanol–water partition coefficient (Wildman–Crippen LogP) is 3.89. The Labute approximate surface area is 102 Å². The summed E-state index contributed by atoms with van der Waals surface area (Å²) in [5.41, 5.74) is 3.55. The SMILES string of the molecule is Cc1cccc(-c2cccc(C(C)C)c2O)n1. The molecule has 0 spiro atoms. The van der Waals surface area contributed by atoms with Gasteiger partial charge in [0.15, 0.2) is 0 Å². The van der Waals surface area contributed by atoms with Crippen LogP contribution in [0.3, 0.4) is 0 Å². The number of para-hydroxylation sites is 1. The summed E-state index contributed by atoms with van der Waals surface area (Å²) in [7, 11) is 0. The molecular weight excluding hydrogens is 210 g/mol. The molecule has 0 saturated heterocycles. The van der Waals surface area contributed by atoms with Gasteiger partial charge in [-0.2, -0.15) is 0 Å². The Morgan fingerprint density at radius 3 is 2.41 bits per heavy atom. The van der Waals surface area contributed by atoms with E-state index in [-0.39, 0.29) is 0 Å². The Hall–Kier alpha value is -1.83. The van der Waals surface area contributed by atoms with E-state index in [2.05, 4.69) is 18.8 Å². The number of hydrogen-bond donors (Lipinski definition) is 1. The van der Waals surface area contributed by atoms with Gasteiger partial charge in [0.25, 0.3) is 0 Å². The van der Waals surface area contributed by atoms with Crippen molar-refractivity contribution in [3.8, 4) is 17.0 Å². The van der Waals surface area contributed by atoms with Crippen molar-refractivity contribution in [2.45, 2.75) is 26.7 Å². The Balaban J connectivity index is 2.57. The molecule has 0 atom stereocenters. The van der Waals surface area contributed by atoms with Gasteiger partial charge in [-0.15, -0.1) is 0 Å². The molecule has 0 aliphatic carbocycles. The average Bonchev–Trinajstić information content (AvgIpc) is 2.29. The van der Waals surface area contributed by atoms with Gasteiger partial charge >= 0.3 is 0 Å². The Morgan fingerprint density at radius 2 is 1.76 bits per heavy atom. The molecule has 0 fully saturated rings. The molecule has 0 radical (unpaired) electrons. The minimum absolute atomic E-state index is 0.305. The van der Waals surface area contributed by atoms with Crippen LogP contribution in [0.5, 0.6) is 5.75 Å². The highest BCUT2D eigenvalue weighted by Crippen LogP contribution is 2.34. The van der Waals surface area contributed by atoms with E-state index in [4.69, 9.17) is 0 Å². The number of aromatic nitrogens is 1. The van der Waals surface area contributed by atoms with E-state index >= 15 is 0 Å². The first-order valence-electron chi connectivity index (χ1n) is 5.85. The van der Waals surface area contributed by atoms with Crippen LogP contribution in [0.1, 0.15) is 31.0 Å². The zero-order chi connectivity index (χ0) is 12.4. The first kappa shape index (κ1) is 11.6. The van der Waals surface area contributed by atoms with E-state index < -0.39 is 0 Å². The van der Waals surface area contributed by atoms with Gasteiger partial charge in [0.2, 0.25) is 0 Å². The van der Waals surface area contributed by atoms with Crippen LogP contribution in [-0.4, -0.2) is 10.1 Å². The van der Waals surface area contributed by atoms with Crippen molar-refractivity contribution in [3.63, 3.8) is 0 Å². The molecule has 17 heavy (non-hydrogen) atoms. The van der Waals surface area contributed by atoms with Gasteiger partial charge in [-0.05, 0) is 36.6 Å². The standard InChI is InChI=1S/C15H17NO/c1-10(2)12-7-5-8-13(15(12)17)14-9-4-6-11(3)16-14/h4-10,17H,1-3H3. The van der Waals surface area contributed by atoms with Crippen LogP contribution < -0.4 is 0 Å². The van der Waals surface area contributed by atoms with Gasteiger partial charge in [-0.1, -0.05) is 32.0 Å². The van der Waals surface area contributed by atoms with Crippen molar-refractivity contribution in [2.24, 2.45) is 0 Å². The second-order valence-corrected chi connectivity index (χ2v) is 4.56. The molecule has 0 saturated carbocycles. The van der Waals surface area contributed by atoms with Gasteiger partial charge in [-0.25, -0.2) is 0 Å². The van der Waals surface area contributed by atoms with E-state index in [9.17, 15) is 5.11 Å². The molecule has 1 heterocycles. The highest BCUT2D eigenvalue weighted by atomic mass is 16.3. The highest BCUT2D eigenvalue weighted by Gasteiger charge is 2.12. The minimum Gasteiger partial charge on any atom is -0.507 e. The topological polar surface area (TPSA) is 33.1 Å². The summed E-state index contributed by atoms with van der Waals surface area (Å²) in [5, 5.41) is 10.3. The van der Waals surface area contributed by atoms with Crippen LogP contribution >= 0.6 is 0 Å². The van der Waals surface area contributed by atoms with Crippen molar-refractivity contribution in [1.29, 1.82) is 0 Å². The maximum Gasteiger partial charge on any atom is 0.128 e. The fraction of sp³-hybridized carbons (Fsp3) is 0.267. The molecule has 2 aromatic rings. The molecule has 2 rings (SSSR count). The van der Waals surface area contributed by atoms with Crippen molar-refractivity contribution in [1.82, 2.24) is 4.98 Å². The molecule has 2 heteroatoms. The number of hydrogen-bond acceptors (Lipinski definition) is 2. The lowest BCUT2D eigenvalue weighted by Gasteiger charge is -2.12. The molecule has 1 N–H and O–H groups in total. The average molecular weight is 227 g/mol. The van der Waals surface area contributed by atoms with Crippen molar-refractivity contribution in [2.75, 3.05) is 0 Å². The zero-order valence-electron chi connectivity index (χ0n) is 10.4. The number of pyridine rings is 1.